The number of aliphatic hydroxyl groups excluding tert-OH is 1. The van der Waals surface area contributed by atoms with Gasteiger partial charge in [-0.2, -0.15) is 0 Å². The van der Waals surface area contributed by atoms with Crippen LogP contribution in [0.15, 0.2) is 24.3 Å². The number of aryl methyl sites for hydroxylation is 1. The van der Waals surface area contributed by atoms with Crippen molar-refractivity contribution in [3.05, 3.63) is 35.4 Å². The number of aliphatic hydroxyl groups is 1. The fourth-order valence-corrected chi connectivity index (χ4v) is 1.68. The van der Waals surface area contributed by atoms with Gasteiger partial charge in [-0.15, -0.1) is 0 Å². The van der Waals surface area contributed by atoms with Gasteiger partial charge in [-0.3, -0.25) is 0 Å². The Bertz CT molecular complexity index is 281. The van der Waals surface area contributed by atoms with E-state index in [9.17, 15) is 0 Å². The summed E-state index contributed by atoms with van der Waals surface area (Å²) < 4.78 is 0. The summed E-state index contributed by atoms with van der Waals surface area (Å²) in [5.74, 6) is 0. The van der Waals surface area contributed by atoms with Crippen LogP contribution >= 0.6 is 0 Å². The van der Waals surface area contributed by atoms with Gasteiger partial charge in [-0.1, -0.05) is 29.8 Å². The van der Waals surface area contributed by atoms with Crippen molar-refractivity contribution in [1.29, 1.82) is 0 Å². The first kappa shape index (κ1) is 12.2. The maximum atomic E-state index is 8.92. The zero-order chi connectivity index (χ0) is 11.3. The number of benzene rings is 1. The highest BCUT2D eigenvalue weighted by Gasteiger charge is 2.06. The minimum absolute atomic E-state index is 0.172. The lowest BCUT2D eigenvalue weighted by molar-refractivity contribution is 0.242. The molecule has 15 heavy (non-hydrogen) atoms. The van der Waals surface area contributed by atoms with Crippen LogP contribution in [0.1, 0.15) is 25.0 Å². The Hall–Kier alpha value is -0.860. The zero-order valence-electron chi connectivity index (χ0n) is 9.83. The zero-order valence-corrected chi connectivity index (χ0v) is 9.83. The highest BCUT2D eigenvalue weighted by molar-refractivity contribution is 5.21. The molecule has 1 unspecified atom stereocenters. The quantitative estimate of drug-likeness (QED) is 0.773. The van der Waals surface area contributed by atoms with Crippen LogP contribution in [0.2, 0.25) is 0 Å². The third-order valence-corrected chi connectivity index (χ3v) is 2.51. The molecule has 0 radical (unpaired) electrons. The van der Waals surface area contributed by atoms with Crippen LogP contribution in [-0.2, 0) is 6.42 Å². The van der Waals surface area contributed by atoms with Gasteiger partial charge in [0, 0.05) is 12.1 Å². The van der Waals surface area contributed by atoms with Gasteiger partial charge < -0.3 is 10.4 Å². The molecule has 0 aromatic heterocycles. The highest BCUT2D eigenvalue weighted by Crippen LogP contribution is 2.06. The molecule has 0 amide bonds. The van der Waals surface area contributed by atoms with Gasteiger partial charge in [-0.05, 0) is 32.8 Å². The van der Waals surface area contributed by atoms with Crippen molar-refractivity contribution in [2.45, 2.75) is 39.3 Å². The predicted octanol–water partition coefficient (Wildman–Crippen LogP) is 1.90. The van der Waals surface area contributed by atoms with Crippen molar-refractivity contribution in [2.24, 2.45) is 0 Å². The molecule has 1 aromatic carbocycles. The largest absolute Gasteiger partial charge is 0.395 e. The van der Waals surface area contributed by atoms with Crippen molar-refractivity contribution in [1.82, 2.24) is 5.32 Å². The lowest BCUT2D eigenvalue weighted by Crippen LogP contribution is -2.37. The molecule has 0 aliphatic carbocycles. The minimum atomic E-state index is 0.172. The van der Waals surface area contributed by atoms with E-state index in [1.54, 1.807) is 0 Å². The lowest BCUT2D eigenvalue weighted by atomic mass is 10.1. The monoisotopic (exact) mass is 207 g/mol. The van der Waals surface area contributed by atoms with E-state index in [1.807, 2.05) is 6.92 Å². The molecule has 0 saturated heterocycles. The van der Waals surface area contributed by atoms with Gasteiger partial charge in [0.1, 0.15) is 0 Å². The van der Waals surface area contributed by atoms with Crippen LogP contribution in [-0.4, -0.2) is 23.8 Å². The third-order valence-electron chi connectivity index (χ3n) is 2.51. The van der Waals surface area contributed by atoms with E-state index in [-0.39, 0.29) is 12.6 Å². The third kappa shape index (κ3) is 4.45. The molecule has 2 atom stereocenters. The van der Waals surface area contributed by atoms with Crippen LogP contribution < -0.4 is 5.32 Å². The summed E-state index contributed by atoms with van der Waals surface area (Å²) in [6, 6.07) is 9.17. The smallest absolute Gasteiger partial charge is 0.0582 e. The molecule has 0 saturated carbocycles. The van der Waals surface area contributed by atoms with Gasteiger partial charge in [0.25, 0.3) is 0 Å². The van der Waals surface area contributed by atoms with E-state index in [1.165, 1.54) is 11.1 Å². The molecular weight excluding hydrogens is 186 g/mol. The lowest BCUT2D eigenvalue weighted by Gasteiger charge is -2.18. The Morgan fingerprint density at radius 1 is 1.13 bits per heavy atom. The van der Waals surface area contributed by atoms with Crippen LogP contribution in [0.25, 0.3) is 0 Å². The maximum absolute atomic E-state index is 8.92. The van der Waals surface area contributed by atoms with E-state index in [4.69, 9.17) is 5.11 Å². The topological polar surface area (TPSA) is 32.3 Å². The second-order valence-electron chi connectivity index (χ2n) is 4.34. The number of hydrogen-bond donors (Lipinski definition) is 2. The van der Waals surface area contributed by atoms with Gasteiger partial charge in [0.05, 0.1) is 6.61 Å². The van der Waals surface area contributed by atoms with Gasteiger partial charge in [0.15, 0.2) is 0 Å². The number of nitrogens with one attached hydrogen (secondary N) is 1. The summed E-state index contributed by atoms with van der Waals surface area (Å²) in [7, 11) is 0. The first-order valence-electron chi connectivity index (χ1n) is 5.54. The maximum Gasteiger partial charge on any atom is 0.0582 e. The van der Waals surface area contributed by atoms with Crippen molar-refractivity contribution in [2.75, 3.05) is 6.61 Å². The van der Waals surface area contributed by atoms with Gasteiger partial charge >= 0.3 is 0 Å². The minimum Gasteiger partial charge on any atom is -0.395 e. The Balaban J connectivity index is 2.44. The first-order chi connectivity index (χ1) is 7.11. The molecule has 0 spiro atoms. The Morgan fingerprint density at radius 3 is 2.27 bits per heavy atom. The highest BCUT2D eigenvalue weighted by atomic mass is 16.3. The Kier molecular flexibility index (Phi) is 4.79. The van der Waals surface area contributed by atoms with Gasteiger partial charge in [-0.25, -0.2) is 0 Å². The average Bonchev–Trinajstić information content (AvgIpc) is 2.21. The average molecular weight is 207 g/mol. The number of rotatable bonds is 5. The van der Waals surface area contributed by atoms with E-state index in [0.717, 1.165) is 6.42 Å². The molecule has 0 fully saturated rings. The van der Waals surface area contributed by atoms with Crippen molar-refractivity contribution in [3.8, 4) is 0 Å². The molecule has 1 rings (SSSR count). The van der Waals surface area contributed by atoms with Crippen molar-refractivity contribution >= 4 is 0 Å². The summed E-state index contributed by atoms with van der Waals surface area (Å²) in [4.78, 5) is 0. The summed E-state index contributed by atoms with van der Waals surface area (Å²) in [5, 5.41) is 12.3. The van der Waals surface area contributed by atoms with Gasteiger partial charge in [0.2, 0.25) is 0 Å². The summed E-state index contributed by atoms with van der Waals surface area (Å²) in [6.07, 6.45) is 1.00. The fraction of sp³-hybridized carbons (Fsp3) is 0.538. The van der Waals surface area contributed by atoms with E-state index in [2.05, 4.69) is 43.4 Å². The number of hydrogen-bond acceptors (Lipinski definition) is 2. The van der Waals surface area contributed by atoms with Crippen LogP contribution in [0, 0.1) is 6.92 Å². The van der Waals surface area contributed by atoms with Crippen LogP contribution in [0.3, 0.4) is 0 Å². The normalized spacial score (nSPS) is 14.9. The molecule has 1 aromatic rings. The SMILES string of the molecule is Cc1ccc(CC(C)N[C@@H](C)CO)cc1. The molecule has 2 N–H and O–H groups in total. The summed E-state index contributed by atoms with van der Waals surface area (Å²) in [5.41, 5.74) is 2.63. The molecule has 0 aliphatic rings. The molecular formula is C13H21NO. The predicted molar refractivity (Wildman–Crippen MR) is 64.0 cm³/mol. The first-order valence-corrected chi connectivity index (χ1v) is 5.54. The summed E-state index contributed by atoms with van der Waals surface area (Å²) >= 11 is 0. The second-order valence-corrected chi connectivity index (χ2v) is 4.34. The molecule has 0 heterocycles. The molecule has 0 bridgehead atoms. The van der Waals surface area contributed by atoms with E-state index in [0.29, 0.717) is 6.04 Å². The Morgan fingerprint density at radius 2 is 1.73 bits per heavy atom. The second kappa shape index (κ2) is 5.89. The summed E-state index contributed by atoms with van der Waals surface area (Å²) in [6.45, 7) is 6.43. The molecule has 2 nitrogen and oxygen atoms in total. The van der Waals surface area contributed by atoms with E-state index < -0.39 is 0 Å². The van der Waals surface area contributed by atoms with E-state index >= 15 is 0 Å². The molecule has 0 aliphatic heterocycles. The van der Waals surface area contributed by atoms with Crippen LogP contribution in [0.5, 0.6) is 0 Å². The van der Waals surface area contributed by atoms with Crippen molar-refractivity contribution < 1.29 is 5.11 Å². The van der Waals surface area contributed by atoms with Crippen molar-refractivity contribution in [3.63, 3.8) is 0 Å². The van der Waals surface area contributed by atoms with Crippen LogP contribution in [0.4, 0.5) is 0 Å². The fourth-order valence-electron chi connectivity index (χ4n) is 1.68. The standard InChI is InChI=1S/C13H21NO/c1-10-4-6-13(7-5-10)8-11(2)14-12(3)9-15/h4-7,11-12,14-15H,8-9H2,1-3H3/t11?,12-/m0/s1. The Labute approximate surface area is 92.3 Å². The molecule has 84 valence electrons. The molecule has 2 heteroatoms.